The second kappa shape index (κ2) is 9.82. The molecule has 0 aromatic carbocycles. The number of aromatic nitrogens is 2. The van der Waals surface area contributed by atoms with E-state index in [1.165, 1.54) is 6.20 Å². The number of hydrogen-bond donors (Lipinski definition) is 4. The monoisotopic (exact) mass is 603 g/mol. The third kappa shape index (κ3) is 6.28. The molecule has 1 aromatic rings. The van der Waals surface area contributed by atoms with Crippen LogP contribution in [0.25, 0.3) is 10.4 Å². The summed E-state index contributed by atoms with van der Waals surface area (Å²) in [6, 6.07) is -1.04. The summed E-state index contributed by atoms with van der Waals surface area (Å²) in [5.41, 5.74) is 13.9. The molecule has 0 bridgehead atoms. The number of nitrogen functional groups attached to an aromatic ring is 1. The van der Waals surface area contributed by atoms with Gasteiger partial charge in [0.15, 0.2) is 0 Å². The van der Waals surface area contributed by atoms with Crippen LogP contribution in [-0.2, 0) is 27.3 Å². The van der Waals surface area contributed by atoms with Crippen molar-refractivity contribution in [3.63, 3.8) is 0 Å². The van der Waals surface area contributed by atoms with Crippen LogP contribution in [0, 0.1) is 6.92 Å². The van der Waals surface area contributed by atoms with E-state index in [-0.39, 0.29) is 12.2 Å². The van der Waals surface area contributed by atoms with Gasteiger partial charge in [0.05, 0.1) is 0 Å². The van der Waals surface area contributed by atoms with Gasteiger partial charge in [-0.15, -0.1) is 0 Å². The molecule has 1 fully saturated rings. The van der Waals surface area contributed by atoms with E-state index >= 15 is 0 Å². The summed E-state index contributed by atoms with van der Waals surface area (Å²) in [5.74, 6) is -0.0270. The Kier molecular flexibility index (Phi) is 8.35. The topological polar surface area (TPSA) is 249 Å². The normalized spacial score (nSPS) is 25.1. The maximum atomic E-state index is 13.6. The molecule has 22 heteroatoms. The third-order valence-electron chi connectivity index (χ3n) is 4.19. The molecule has 5 atom stereocenters. The third-order valence-corrected chi connectivity index (χ3v) is 11.2. The van der Waals surface area contributed by atoms with Gasteiger partial charge in [-0.05, 0) is 0 Å². The second-order valence-electron chi connectivity index (χ2n) is 6.53. The van der Waals surface area contributed by atoms with Crippen molar-refractivity contribution in [2.24, 2.45) is 5.11 Å². The fourth-order valence-electron chi connectivity index (χ4n) is 2.55. The van der Waals surface area contributed by atoms with Crippen LogP contribution in [0.1, 0.15) is 18.2 Å². The number of azide groups is 1. The first-order chi connectivity index (χ1) is 14.9. The predicted octanol–water partition coefficient (Wildman–Crippen LogP) is 1.32. The van der Waals surface area contributed by atoms with Crippen LogP contribution in [0.15, 0.2) is 16.1 Å². The van der Waals surface area contributed by atoms with E-state index < -0.39 is 57.6 Å². The van der Waals surface area contributed by atoms with Gasteiger partial charge in [-0.25, -0.2) is 0 Å². The van der Waals surface area contributed by atoms with E-state index in [0.717, 1.165) is 4.57 Å². The molecule has 0 saturated carbocycles. The van der Waals surface area contributed by atoms with Gasteiger partial charge in [-0.1, -0.05) is 0 Å². The molecule has 0 aliphatic carbocycles. The average molecular weight is 602 g/mol. The molecule has 1 aliphatic heterocycles. The van der Waals surface area contributed by atoms with E-state index in [1.807, 2.05) is 0 Å². The average Bonchev–Trinajstić information content (AvgIpc) is 3.04. The van der Waals surface area contributed by atoms with Crippen molar-refractivity contribution in [1.29, 1.82) is 0 Å². The summed E-state index contributed by atoms with van der Waals surface area (Å²) < 4.78 is 77.0. The molecular weight excluding hydrogens is 586 g/mol. The zero-order valence-corrected chi connectivity index (χ0v) is 20.6. The molecule has 0 spiro atoms. The number of hydrogen-bond acceptors (Lipinski definition) is 10. The summed E-state index contributed by atoms with van der Waals surface area (Å²) in [4.78, 5) is 44.7. The number of anilines is 1. The van der Waals surface area contributed by atoms with E-state index in [0.29, 0.717) is 5.56 Å². The van der Waals surface area contributed by atoms with Crippen LogP contribution < -0.4 is 11.4 Å². The van der Waals surface area contributed by atoms with Gasteiger partial charge in [-0.3, -0.25) is 0 Å². The Morgan fingerprint density at radius 2 is 2.06 bits per heavy atom. The zero-order chi connectivity index (χ0) is 25.4. The number of nitrogens with two attached hydrogens (primary N) is 1. The summed E-state index contributed by atoms with van der Waals surface area (Å²) in [7, 11) is -13.0. The molecule has 0 amide bonds. The van der Waals surface area contributed by atoms with Crippen LogP contribution in [-0.4, -0.2) is 64.0 Å². The zero-order valence-electron chi connectivity index (χ0n) is 16.2. The molecule has 1 aliphatic rings. The summed E-state index contributed by atoms with van der Waals surface area (Å²) in [6.45, 7) is 0.724. The van der Waals surface area contributed by atoms with Gasteiger partial charge in [0.2, 0.25) is 0 Å². The number of nitrogens with zero attached hydrogens (tertiary/aromatic N) is 5. The van der Waals surface area contributed by atoms with Crippen LogP contribution in [0.4, 0.5) is 14.6 Å². The molecule has 185 valence electrons. The Hall–Kier alpha value is -1.18. The fraction of sp³-hybridized carbons (Fsp3) is 0.636. The van der Waals surface area contributed by atoms with Gasteiger partial charge >= 0.3 is 190 Å². The molecule has 1 aromatic heterocycles. The first-order valence-electron chi connectivity index (χ1n) is 8.40. The summed E-state index contributed by atoms with van der Waals surface area (Å²) in [5, 5.41) is -2.13. The van der Waals surface area contributed by atoms with E-state index in [2.05, 4.69) is 19.3 Å². The summed E-state index contributed by atoms with van der Waals surface area (Å²) in [6.07, 6.45) is -6.06. The quantitative estimate of drug-likeness (QED) is 0.103. The Bertz CT molecular complexity index is 1170. The van der Waals surface area contributed by atoms with Crippen molar-refractivity contribution in [3.8, 4) is 0 Å². The van der Waals surface area contributed by atoms with Crippen LogP contribution in [0.2, 0.25) is 0 Å². The molecule has 16 nitrogen and oxygen atoms in total. The van der Waals surface area contributed by atoms with Crippen LogP contribution in [0.5, 0.6) is 0 Å². The Labute approximate surface area is 190 Å². The van der Waals surface area contributed by atoms with Crippen molar-refractivity contribution in [1.82, 2.24) is 9.55 Å². The van der Waals surface area contributed by atoms with Crippen molar-refractivity contribution < 1.29 is 50.7 Å². The molecule has 1 saturated heterocycles. The van der Waals surface area contributed by atoms with E-state index in [4.69, 9.17) is 30.3 Å². The van der Waals surface area contributed by atoms with Gasteiger partial charge in [0.1, 0.15) is 0 Å². The number of ether oxygens (including phenoxy) is 1. The molecule has 1 radical (unpaired) electrons. The summed E-state index contributed by atoms with van der Waals surface area (Å²) >= 11 is 1.62. The maximum absolute atomic E-state index is 13.6. The Morgan fingerprint density at radius 3 is 2.61 bits per heavy atom. The van der Waals surface area contributed by atoms with Gasteiger partial charge in [0, 0.05) is 0 Å². The van der Waals surface area contributed by atoms with E-state index in [9.17, 15) is 32.2 Å². The number of halogens is 2. The van der Waals surface area contributed by atoms with Crippen molar-refractivity contribution in [2.75, 3.05) is 12.3 Å². The van der Waals surface area contributed by atoms with Gasteiger partial charge < -0.3 is 0 Å². The minimum atomic E-state index is -6.51. The fourth-order valence-corrected chi connectivity index (χ4v) is 8.28. The SMILES string of the molecule is Cc1cn([C@H]2C[C@H](N=[N+]=[N-])[C@@H](COP(=O)([Se])OP(=O)(O)C(F)(F)P(=O)(O)O)O2)c(=O)nc1N. The first kappa shape index (κ1) is 28.1. The number of rotatable bonds is 9. The minimum absolute atomic E-state index is 0.0270. The molecule has 2 heterocycles. The molecule has 33 heavy (non-hydrogen) atoms. The molecule has 5 N–H and O–H groups in total. The number of alkyl halides is 2. The Morgan fingerprint density at radius 1 is 1.45 bits per heavy atom. The molecular formula is C11H16F2N6O10P3Se. The van der Waals surface area contributed by atoms with E-state index in [1.54, 1.807) is 22.5 Å². The standard InChI is InChI=1S/C11H16F2N6O10P3Se/c1-5-3-19(10(20)16-9(5)14)8-2-6(17-18-15)7(28-8)4-27-32(26,33)29-31(24,25)11(12,13)30(21,22)23/h3,6-8H,2,4H2,1H3,(H,24,25)(H2,14,16,20)(H2,21,22,23)/t6-,7+,8+,32?/m0/s1. The second-order valence-corrected chi connectivity index (χ2v) is 14.8. The van der Waals surface area contributed by atoms with Gasteiger partial charge in [-0.2, -0.15) is 0 Å². The molecule has 2 rings (SSSR count). The van der Waals surface area contributed by atoms with Crippen LogP contribution in [0.3, 0.4) is 0 Å². The number of aryl methyl sites for hydroxylation is 1. The van der Waals surface area contributed by atoms with Crippen molar-refractivity contribution in [3.05, 3.63) is 32.7 Å². The first-order valence-corrected chi connectivity index (χ1v) is 15.3. The Balaban J connectivity index is 2.19. The molecule has 2 unspecified atom stereocenters. The predicted molar refractivity (Wildman–Crippen MR) is 106 cm³/mol. The van der Waals surface area contributed by atoms with Crippen molar-refractivity contribution >= 4 is 42.9 Å². The van der Waals surface area contributed by atoms with Crippen LogP contribution >= 0.6 is 21.5 Å². The van der Waals surface area contributed by atoms with Gasteiger partial charge in [0.25, 0.3) is 0 Å². The van der Waals surface area contributed by atoms with Crippen molar-refractivity contribution in [2.45, 2.75) is 37.1 Å².